The molecule has 24 heavy (non-hydrogen) atoms. The highest BCUT2D eigenvalue weighted by Gasteiger charge is 2.36. The van der Waals surface area contributed by atoms with Gasteiger partial charge in [-0.05, 0) is 60.8 Å². The van der Waals surface area contributed by atoms with E-state index in [-0.39, 0.29) is 0 Å². The Morgan fingerprint density at radius 1 is 1.33 bits per heavy atom. The predicted octanol–water partition coefficient (Wildman–Crippen LogP) is 4.27. The van der Waals surface area contributed by atoms with Crippen molar-refractivity contribution in [2.24, 2.45) is 5.41 Å². The summed E-state index contributed by atoms with van der Waals surface area (Å²) >= 11 is 6.17. The SMILES string of the molecule is CC1(CCC(Cc2cccc(Cl)c2)=C(C=N)N2CCNCC2)CC1. The van der Waals surface area contributed by atoms with E-state index in [9.17, 15) is 0 Å². The molecule has 3 nitrogen and oxygen atoms in total. The average molecular weight is 346 g/mol. The minimum Gasteiger partial charge on any atom is -0.368 e. The second-order valence-electron chi connectivity index (χ2n) is 7.49. The molecule has 0 aromatic heterocycles. The van der Waals surface area contributed by atoms with Crippen LogP contribution in [0.4, 0.5) is 0 Å². The second kappa shape index (κ2) is 7.71. The van der Waals surface area contributed by atoms with E-state index in [4.69, 9.17) is 17.0 Å². The standard InChI is InChI=1S/C20H28ClN3/c1-20(7-8-20)6-5-17(13-16-3-2-4-18(21)14-16)19(15-22)24-11-9-23-10-12-24/h2-4,14-15,22-23H,5-13H2,1H3. The minimum atomic E-state index is 0.538. The quantitative estimate of drug-likeness (QED) is 0.724. The molecule has 0 spiro atoms. The summed E-state index contributed by atoms with van der Waals surface area (Å²) in [5.74, 6) is 0. The zero-order chi connectivity index (χ0) is 17.0. The van der Waals surface area contributed by atoms with Crippen molar-refractivity contribution in [1.82, 2.24) is 10.2 Å². The Hall–Kier alpha value is -1.32. The molecular formula is C20H28ClN3. The first kappa shape index (κ1) is 17.5. The van der Waals surface area contributed by atoms with E-state index >= 15 is 0 Å². The molecule has 0 atom stereocenters. The molecule has 4 heteroatoms. The fraction of sp³-hybridized carbons (Fsp3) is 0.550. The van der Waals surface area contributed by atoms with Crippen LogP contribution in [0.15, 0.2) is 35.5 Å². The van der Waals surface area contributed by atoms with Gasteiger partial charge in [-0.1, -0.05) is 30.7 Å². The van der Waals surface area contributed by atoms with E-state index in [1.54, 1.807) is 6.21 Å². The van der Waals surface area contributed by atoms with Gasteiger partial charge in [0.2, 0.25) is 0 Å². The molecule has 0 unspecified atom stereocenters. The first-order chi connectivity index (χ1) is 11.6. The Bertz CT molecular complexity index is 613. The Labute approximate surface area is 150 Å². The van der Waals surface area contributed by atoms with Crippen LogP contribution in [0.25, 0.3) is 0 Å². The van der Waals surface area contributed by atoms with Gasteiger partial charge in [0.15, 0.2) is 0 Å². The number of hydrogen-bond acceptors (Lipinski definition) is 3. The Balaban J connectivity index is 1.83. The number of benzene rings is 1. The second-order valence-corrected chi connectivity index (χ2v) is 7.92. The molecule has 1 aromatic rings. The lowest BCUT2D eigenvalue weighted by Gasteiger charge is -2.32. The molecule has 2 aliphatic rings. The molecule has 1 saturated heterocycles. The van der Waals surface area contributed by atoms with Crippen LogP contribution < -0.4 is 5.32 Å². The summed E-state index contributed by atoms with van der Waals surface area (Å²) in [6.45, 7) is 6.36. The van der Waals surface area contributed by atoms with E-state index in [1.165, 1.54) is 30.4 Å². The van der Waals surface area contributed by atoms with Gasteiger partial charge >= 0.3 is 0 Å². The maximum Gasteiger partial charge on any atom is 0.0541 e. The number of nitrogens with one attached hydrogen (secondary N) is 2. The van der Waals surface area contributed by atoms with E-state index < -0.39 is 0 Å². The highest BCUT2D eigenvalue weighted by Crippen LogP contribution is 2.49. The van der Waals surface area contributed by atoms with Gasteiger partial charge in [-0.3, -0.25) is 0 Å². The third-order valence-electron chi connectivity index (χ3n) is 5.40. The molecule has 2 N–H and O–H groups in total. The number of nitrogens with zero attached hydrogens (tertiary/aromatic N) is 1. The number of halogens is 1. The normalized spacial score (nSPS) is 20.5. The van der Waals surface area contributed by atoms with E-state index in [0.717, 1.165) is 49.7 Å². The van der Waals surface area contributed by atoms with Crippen LogP contribution in [0.5, 0.6) is 0 Å². The first-order valence-corrected chi connectivity index (χ1v) is 9.40. The summed E-state index contributed by atoms with van der Waals surface area (Å²) < 4.78 is 0. The van der Waals surface area contributed by atoms with E-state index in [1.807, 2.05) is 12.1 Å². The minimum absolute atomic E-state index is 0.538. The van der Waals surface area contributed by atoms with Crippen LogP contribution in [0.3, 0.4) is 0 Å². The Morgan fingerprint density at radius 3 is 2.71 bits per heavy atom. The van der Waals surface area contributed by atoms with E-state index in [0.29, 0.717) is 5.41 Å². The summed E-state index contributed by atoms with van der Waals surface area (Å²) in [7, 11) is 0. The highest BCUT2D eigenvalue weighted by atomic mass is 35.5. The fourth-order valence-corrected chi connectivity index (χ4v) is 3.65. The maximum absolute atomic E-state index is 8.01. The van der Waals surface area contributed by atoms with Crippen LogP contribution in [-0.2, 0) is 6.42 Å². The van der Waals surface area contributed by atoms with E-state index in [2.05, 4.69) is 29.3 Å². The molecule has 3 rings (SSSR count). The van der Waals surface area contributed by atoms with Crippen LogP contribution >= 0.6 is 11.6 Å². The molecule has 0 radical (unpaired) electrons. The van der Waals surface area contributed by atoms with Crippen molar-refractivity contribution in [2.45, 2.75) is 39.0 Å². The molecule has 1 aliphatic heterocycles. The molecule has 1 aliphatic carbocycles. The number of rotatable bonds is 7. The van der Waals surface area contributed by atoms with Gasteiger partial charge in [-0.15, -0.1) is 0 Å². The Kier molecular flexibility index (Phi) is 5.62. The molecular weight excluding hydrogens is 318 g/mol. The van der Waals surface area contributed by atoms with Crippen molar-refractivity contribution in [1.29, 1.82) is 5.41 Å². The monoisotopic (exact) mass is 345 g/mol. The van der Waals surface area contributed by atoms with Gasteiger partial charge in [-0.25, -0.2) is 0 Å². The van der Waals surface area contributed by atoms with Crippen molar-refractivity contribution in [3.05, 3.63) is 46.1 Å². The molecule has 2 fully saturated rings. The van der Waals surface area contributed by atoms with Crippen molar-refractivity contribution < 1.29 is 0 Å². The van der Waals surface area contributed by atoms with Gasteiger partial charge in [0.25, 0.3) is 0 Å². The summed E-state index contributed by atoms with van der Waals surface area (Å²) in [5, 5.41) is 12.2. The van der Waals surface area contributed by atoms with Crippen molar-refractivity contribution in [2.75, 3.05) is 26.2 Å². The van der Waals surface area contributed by atoms with Gasteiger partial charge in [-0.2, -0.15) is 0 Å². The fourth-order valence-electron chi connectivity index (χ4n) is 3.44. The average Bonchev–Trinajstić information content (AvgIpc) is 3.32. The molecule has 130 valence electrons. The smallest absolute Gasteiger partial charge is 0.0541 e. The zero-order valence-corrected chi connectivity index (χ0v) is 15.3. The molecule has 0 amide bonds. The lowest BCUT2D eigenvalue weighted by Crippen LogP contribution is -2.43. The summed E-state index contributed by atoms with van der Waals surface area (Å²) in [6, 6.07) is 8.14. The largest absolute Gasteiger partial charge is 0.368 e. The third-order valence-corrected chi connectivity index (χ3v) is 5.63. The predicted molar refractivity (Wildman–Crippen MR) is 102 cm³/mol. The van der Waals surface area contributed by atoms with Gasteiger partial charge in [0.05, 0.1) is 5.70 Å². The zero-order valence-electron chi connectivity index (χ0n) is 14.6. The number of piperazine rings is 1. The number of hydrogen-bond donors (Lipinski definition) is 2. The maximum atomic E-state index is 8.01. The summed E-state index contributed by atoms with van der Waals surface area (Å²) in [6.07, 6.45) is 7.48. The number of allylic oxidation sites excluding steroid dienone is 2. The van der Waals surface area contributed by atoms with Gasteiger partial charge in [0.1, 0.15) is 0 Å². The molecule has 1 saturated carbocycles. The Morgan fingerprint density at radius 2 is 2.08 bits per heavy atom. The lowest BCUT2D eigenvalue weighted by molar-refractivity contribution is 0.308. The van der Waals surface area contributed by atoms with Gasteiger partial charge in [0, 0.05) is 37.4 Å². The topological polar surface area (TPSA) is 39.1 Å². The molecule has 1 heterocycles. The third kappa shape index (κ3) is 4.61. The summed E-state index contributed by atoms with van der Waals surface area (Å²) in [4.78, 5) is 2.37. The van der Waals surface area contributed by atoms with Crippen molar-refractivity contribution in [3.63, 3.8) is 0 Å². The van der Waals surface area contributed by atoms with Gasteiger partial charge < -0.3 is 15.6 Å². The molecule has 0 bridgehead atoms. The van der Waals surface area contributed by atoms with Crippen molar-refractivity contribution >= 4 is 17.8 Å². The van der Waals surface area contributed by atoms with Crippen molar-refractivity contribution in [3.8, 4) is 0 Å². The summed E-state index contributed by atoms with van der Waals surface area (Å²) in [5.41, 5.74) is 4.30. The lowest BCUT2D eigenvalue weighted by atomic mass is 9.93. The van der Waals surface area contributed by atoms with Crippen LogP contribution in [0.1, 0.15) is 38.2 Å². The highest BCUT2D eigenvalue weighted by molar-refractivity contribution is 6.30. The van der Waals surface area contributed by atoms with Crippen LogP contribution in [-0.4, -0.2) is 37.3 Å². The first-order valence-electron chi connectivity index (χ1n) is 9.02. The van der Waals surface area contributed by atoms with Crippen LogP contribution in [0, 0.1) is 10.8 Å². The van der Waals surface area contributed by atoms with Crippen LogP contribution in [0.2, 0.25) is 5.02 Å². The molecule has 1 aromatic carbocycles.